The van der Waals surface area contributed by atoms with E-state index < -0.39 is 25.6 Å². The van der Waals surface area contributed by atoms with Crippen molar-refractivity contribution in [2.75, 3.05) is 47.6 Å². The van der Waals surface area contributed by atoms with E-state index >= 15 is 0 Å². The lowest BCUT2D eigenvalue weighted by atomic mass is 9.82. The van der Waals surface area contributed by atoms with Gasteiger partial charge in [-0.2, -0.15) is 0 Å². The largest absolute Gasteiger partial charge is 0.432 e. The van der Waals surface area contributed by atoms with E-state index in [1.54, 1.807) is 15.7 Å². The van der Waals surface area contributed by atoms with Gasteiger partial charge >= 0.3 is 0 Å². The van der Waals surface area contributed by atoms with Crippen LogP contribution in [0.5, 0.6) is 0 Å². The standard InChI is InChI=1S/C42H51N7O5Si/c1-5-23-47-36-17-16-32(48-28-49(31-14-10-7-11-15-31)41(39(48)51)19-21-43-22-20-41)25-34(36)42(40(47)52)29(2)38(55(3,4)53)37(54-42)18-24-46-26-35(44-45-46)33(27-50)30-12-8-6-9-13-30/h5-17,25-26,29,33,37-38,43,50,53H,1,18-24,27-28H2,2-4H3/t29-,33?,37+,38-,42+/m1/s1. The fourth-order valence-corrected chi connectivity index (χ4v) is 12.5. The predicted octanol–water partition coefficient (Wildman–Crippen LogP) is 4.76. The van der Waals surface area contributed by atoms with Gasteiger partial charge in [0.25, 0.3) is 11.8 Å². The lowest BCUT2D eigenvalue weighted by Gasteiger charge is -2.39. The molecule has 3 aromatic carbocycles. The molecule has 5 atom stereocenters. The zero-order valence-corrected chi connectivity index (χ0v) is 32.8. The van der Waals surface area contributed by atoms with Gasteiger partial charge in [0.2, 0.25) is 0 Å². The quantitative estimate of drug-likeness (QED) is 0.146. The van der Waals surface area contributed by atoms with Gasteiger partial charge in [-0.3, -0.25) is 19.2 Å². The Morgan fingerprint density at radius 2 is 1.73 bits per heavy atom. The van der Waals surface area contributed by atoms with E-state index in [0.717, 1.165) is 41.3 Å². The molecule has 4 aliphatic heterocycles. The van der Waals surface area contributed by atoms with Crippen molar-refractivity contribution in [3.8, 4) is 0 Å². The van der Waals surface area contributed by atoms with Gasteiger partial charge in [0.15, 0.2) is 13.9 Å². The molecule has 288 valence electrons. The number of anilines is 3. The number of aryl methyl sites for hydroxylation is 1. The fraction of sp³-hybridized carbons (Fsp3) is 0.429. The Hall–Kier alpha value is -4.66. The monoisotopic (exact) mass is 761 g/mol. The van der Waals surface area contributed by atoms with Gasteiger partial charge in [0.05, 0.1) is 36.7 Å². The van der Waals surface area contributed by atoms with Crippen molar-refractivity contribution in [1.82, 2.24) is 20.3 Å². The van der Waals surface area contributed by atoms with E-state index in [1.807, 2.05) is 97.8 Å². The molecule has 0 saturated carbocycles. The Balaban J connectivity index is 1.13. The molecule has 12 nitrogen and oxygen atoms in total. The number of ether oxygens (including phenoxy) is 1. The molecule has 2 spiro atoms. The van der Waals surface area contributed by atoms with E-state index in [9.17, 15) is 19.5 Å². The third-order valence-corrected chi connectivity index (χ3v) is 15.0. The number of rotatable bonds is 11. The highest BCUT2D eigenvalue weighted by Crippen LogP contribution is 2.60. The second-order valence-corrected chi connectivity index (χ2v) is 20.0. The summed E-state index contributed by atoms with van der Waals surface area (Å²) in [4.78, 5) is 47.2. The fourth-order valence-electron chi connectivity index (χ4n) is 9.88. The molecule has 4 aliphatic rings. The third kappa shape index (κ3) is 6.13. The number of nitrogens with one attached hydrogen (secondary N) is 1. The maximum absolute atomic E-state index is 14.8. The number of para-hydroxylation sites is 1. The zero-order valence-electron chi connectivity index (χ0n) is 31.8. The highest BCUT2D eigenvalue weighted by Gasteiger charge is 2.66. The Bertz CT molecular complexity index is 2050. The van der Waals surface area contributed by atoms with Crippen LogP contribution in [0.3, 0.4) is 0 Å². The van der Waals surface area contributed by atoms with E-state index in [2.05, 4.69) is 39.2 Å². The molecule has 0 aliphatic carbocycles. The Kier molecular flexibility index (Phi) is 9.79. The Morgan fingerprint density at radius 1 is 1.02 bits per heavy atom. The normalized spacial score (nSPS) is 25.3. The van der Waals surface area contributed by atoms with E-state index in [1.165, 1.54) is 0 Å². The van der Waals surface area contributed by atoms with Crippen molar-refractivity contribution in [2.24, 2.45) is 5.92 Å². The van der Waals surface area contributed by atoms with Crippen molar-refractivity contribution in [3.63, 3.8) is 0 Å². The summed E-state index contributed by atoms with van der Waals surface area (Å²) in [6.45, 7) is 12.3. The van der Waals surface area contributed by atoms with Gasteiger partial charge < -0.3 is 29.8 Å². The maximum atomic E-state index is 14.8. The van der Waals surface area contributed by atoms with Crippen LogP contribution in [0.4, 0.5) is 17.1 Å². The maximum Gasteiger partial charge on any atom is 0.264 e. The highest BCUT2D eigenvalue weighted by molar-refractivity contribution is 6.71. The van der Waals surface area contributed by atoms with Crippen LogP contribution in [-0.4, -0.2) is 89.6 Å². The number of fused-ring (bicyclic) bond motifs is 2. The van der Waals surface area contributed by atoms with Crippen molar-refractivity contribution in [1.29, 1.82) is 0 Å². The number of aliphatic hydroxyl groups is 1. The van der Waals surface area contributed by atoms with E-state index in [4.69, 9.17) is 4.74 Å². The molecule has 1 aromatic heterocycles. The third-order valence-electron chi connectivity index (χ3n) is 12.5. The Morgan fingerprint density at radius 3 is 2.40 bits per heavy atom. The van der Waals surface area contributed by atoms with Gasteiger partial charge in [0.1, 0.15) is 5.54 Å². The minimum Gasteiger partial charge on any atom is -0.432 e. The van der Waals surface area contributed by atoms with Gasteiger partial charge in [-0.05, 0) is 81.3 Å². The second kappa shape index (κ2) is 14.4. The van der Waals surface area contributed by atoms with Crippen LogP contribution in [0.25, 0.3) is 0 Å². The summed E-state index contributed by atoms with van der Waals surface area (Å²) in [5, 5.41) is 22.5. The van der Waals surface area contributed by atoms with Crippen molar-refractivity contribution >= 4 is 37.2 Å². The highest BCUT2D eigenvalue weighted by atomic mass is 28.4. The number of carbonyl (C=O) groups is 2. The van der Waals surface area contributed by atoms with Crippen LogP contribution < -0.4 is 20.0 Å². The van der Waals surface area contributed by atoms with Crippen LogP contribution in [0, 0.1) is 5.92 Å². The number of piperidine rings is 1. The van der Waals surface area contributed by atoms with Gasteiger partial charge in [-0.25, -0.2) is 0 Å². The first-order valence-corrected chi connectivity index (χ1v) is 22.4. The minimum absolute atomic E-state index is 0.0575. The smallest absolute Gasteiger partial charge is 0.264 e. The first kappa shape index (κ1) is 37.3. The topological polar surface area (TPSA) is 136 Å². The van der Waals surface area contributed by atoms with Crippen molar-refractivity contribution in [3.05, 3.63) is 115 Å². The molecule has 0 bridgehead atoms. The van der Waals surface area contributed by atoms with Gasteiger partial charge in [-0.15, -0.1) is 11.7 Å². The number of amides is 2. The van der Waals surface area contributed by atoms with E-state index in [0.29, 0.717) is 44.7 Å². The minimum atomic E-state index is -2.93. The lowest BCUT2D eigenvalue weighted by Crippen LogP contribution is -2.55. The summed E-state index contributed by atoms with van der Waals surface area (Å²) in [5.41, 5.74) is 2.47. The molecule has 13 heteroatoms. The molecule has 55 heavy (non-hydrogen) atoms. The van der Waals surface area contributed by atoms with Crippen LogP contribution >= 0.6 is 0 Å². The van der Waals surface area contributed by atoms with Gasteiger partial charge in [0, 0.05) is 47.7 Å². The second-order valence-electron chi connectivity index (χ2n) is 16.0. The summed E-state index contributed by atoms with van der Waals surface area (Å²) < 4.78 is 8.87. The average molecular weight is 762 g/mol. The molecule has 5 heterocycles. The average Bonchev–Trinajstić information content (AvgIpc) is 3.91. The number of carbonyl (C=O) groups excluding carboxylic acids is 2. The number of nitrogens with zero attached hydrogens (tertiary/aromatic N) is 6. The summed E-state index contributed by atoms with van der Waals surface area (Å²) in [7, 11) is -2.93. The molecule has 3 fully saturated rings. The van der Waals surface area contributed by atoms with Crippen molar-refractivity contribution < 1.29 is 24.2 Å². The molecular weight excluding hydrogens is 711 g/mol. The lowest BCUT2D eigenvalue weighted by molar-refractivity contribution is -0.145. The first-order valence-electron chi connectivity index (χ1n) is 19.4. The molecule has 1 unspecified atom stereocenters. The summed E-state index contributed by atoms with van der Waals surface area (Å²) >= 11 is 0. The number of benzene rings is 3. The SMILES string of the molecule is C=CCN1C(=O)[C@@]2(O[C@@H](CCn3cc(C(CO)c4ccccc4)nn3)[C@H]([Si](C)(C)O)[C@H]2C)c2cc(N3CN(c4ccccc4)C4(CCNCC4)C3=O)ccc21. The van der Waals surface area contributed by atoms with Crippen molar-refractivity contribution in [2.45, 2.75) is 74.5 Å². The molecule has 3 N–H and O–H groups in total. The first-order chi connectivity index (χ1) is 26.5. The number of hydrogen-bond donors (Lipinski definition) is 3. The summed E-state index contributed by atoms with van der Waals surface area (Å²) in [6.07, 6.45) is 4.99. The number of aliphatic hydroxyl groups excluding tert-OH is 1. The van der Waals surface area contributed by atoms with Crippen LogP contribution in [0.15, 0.2) is 97.7 Å². The van der Waals surface area contributed by atoms with Gasteiger partial charge in [-0.1, -0.05) is 66.7 Å². The van der Waals surface area contributed by atoms with Crippen LogP contribution in [0.1, 0.15) is 48.9 Å². The van der Waals surface area contributed by atoms with E-state index in [-0.39, 0.29) is 35.8 Å². The summed E-state index contributed by atoms with van der Waals surface area (Å²) in [6, 6.07) is 25.7. The molecule has 2 amide bonds. The Labute approximate surface area is 323 Å². The molecule has 3 saturated heterocycles. The predicted molar refractivity (Wildman–Crippen MR) is 214 cm³/mol. The molecule has 0 radical (unpaired) electrons. The number of hydrogen-bond acceptors (Lipinski definition) is 9. The van der Waals surface area contributed by atoms with Crippen LogP contribution in [-0.2, 0) is 26.5 Å². The molecule has 8 rings (SSSR count). The zero-order chi connectivity index (χ0) is 38.5. The summed E-state index contributed by atoms with van der Waals surface area (Å²) in [5.74, 6) is -0.790. The van der Waals surface area contributed by atoms with Crippen LogP contribution in [0.2, 0.25) is 18.6 Å². The molecular formula is C42H51N7O5Si. The number of aromatic nitrogens is 3. The molecule has 4 aromatic rings.